The van der Waals surface area contributed by atoms with E-state index in [-0.39, 0.29) is 0 Å². The number of rotatable bonds is 8. The van der Waals surface area contributed by atoms with Gasteiger partial charge in [-0.25, -0.2) is 0 Å². The summed E-state index contributed by atoms with van der Waals surface area (Å²) in [6.45, 7) is 4.44. The smallest absolute Gasteiger partial charge is 0.202 e. The van der Waals surface area contributed by atoms with Crippen LogP contribution in [0.5, 0.6) is 0 Å². The molecular formula is C23H33N3. The van der Waals surface area contributed by atoms with Crippen LogP contribution < -0.4 is 4.90 Å². The van der Waals surface area contributed by atoms with Crippen molar-refractivity contribution in [2.24, 2.45) is 0 Å². The summed E-state index contributed by atoms with van der Waals surface area (Å²) in [4.78, 5) is 3.85. The Morgan fingerprint density at radius 2 is 1.12 bits per heavy atom. The molecule has 0 spiro atoms. The molecule has 0 radical (unpaired) electrons. The van der Waals surface area contributed by atoms with Crippen LogP contribution in [0.15, 0.2) is 48.5 Å². The van der Waals surface area contributed by atoms with Crippen molar-refractivity contribution in [2.75, 3.05) is 19.0 Å². The molecule has 2 rings (SSSR count). The third-order valence-electron chi connectivity index (χ3n) is 4.66. The van der Waals surface area contributed by atoms with Gasteiger partial charge in [-0.15, -0.1) is 0 Å². The molecular weight excluding hydrogens is 318 g/mol. The van der Waals surface area contributed by atoms with Crippen molar-refractivity contribution in [3.63, 3.8) is 0 Å². The van der Waals surface area contributed by atoms with Gasteiger partial charge in [-0.3, -0.25) is 10.3 Å². The van der Waals surface area contributed by atoms with E-state index in [9.17, 15) is 0 Å². The Morgan fingerprint density at radius 3 is 1.42 bits per heavy atom. The topological polar surface area (TPSA) is 30.3 Å². The Bertz CT molecular complexity index is 620. The molecule has 0 heterocycles. The maximum Gasteiger partial charge on any atom is 0.202 e. The van der Waals surface area contributed by atoms with Crippen molar-refractivity contribution in [3.05, 3.63) is 59.7 Å². The molecule has 0 amide bonds. The van der Waals surface area contributed by atoms with E-state index in [1.807, 2.05) is 23.9 Å². The van der Waals surface area contributed by atoms with E-state index in [4.69, 9.17) is 5.41 Å². The second-order valence-corrected chi connectivity index (χ2v) is 7.09. The molecule has 2 aromatic rings. The van der Waals surface area contributed by atoms with Gasteiger partial charge in [0.05, 0.1) is 0 Å². The van der Waals surface area contributed by atoms with Gasteiger partial charge in [-0.05, 0) is 61.1 Å². The molecule has 3 nitrogen and oxygen atoms in total. The van der Waals surface area contributed by atoms with Crippen LogP contribution in [0.3, 0.4) is 0 Å². The summed E-state index contributed by atoms with van der Waals surface area (Å²) in [6.07, 6.45) is 7.10. The molecule has 26 heavy (non-hydrogen) atoms. The molecule has 0 aliphatic rings. The minimum atomic E-state index is 0.465. The summed E-state index contributed by atoms with van der Waals surface area (Å²) >= 11 is 0. The number of guanidine groups is 1. The van der Waals surface area contributed by atoms with Crippen LogP contribution in [0.2, 0.25) is 0 Å². The quantitative estimate of drug-likeness (QED) is 0.466. The van der Waals surface area contributed by atoms with Gasteiger partial charge >= 0.3 is 0 Å². The number of nitrogens with zero attached hydrogens (tertiary/aromatic N) is 2. The fourth-order valence-electron chi connectivity index (χ4n) is 2.98. The first kappa shape index (κ1) is 20.0. The highest BCUT2D eigenvalue weighted by Gasteiger charge is 2.16. The Kier molecular flexibility index (Phi) is 7.71. The zero-order chi connectivity index (χ0) is 18.9. The number of benzene rings is 2. The van der Waals surface area contributed by atoms with Gasteiger partial charge in [-0.1, -0.05) is 51.0 Å². The van der Waals surface area contributed by atoms with E-state index in [2.05, 4.69) is 62.4 Å². The van der Waals surface area contributed by atoms with Gasteiger partial charge in [0, 0.05) is 25.5 Å². The molecule has 3 heteroatoms. The van der Waals surface area contributed by atoms with Gasteiger partial charge in [0.1, 0.15) is 0 Å². The minimum Gasteiger partial charge on any atom is -0.349 e. The molecule has 0 aliphatic carbocycles. The number of nitrogens with one attached hydrogen (secondary N) is 1. The first-order chi connectivity index (χ1) is 12.6. The molecule has 0 aliphatic heterocycles. The van der Waals surface area contributed by atoms with Gasteiger partial charge in [-0.2, -0.15) is 0 Å². The molecule has 140 valence electrons. The lowest BCUT2D eigenvalue weighted by Crippen LogP contribution is -2.36. The van der Waals surface area contributed by atoms with Crippen LogP contribution in [0, 0.1) is 5.41 Å². The number of aryl methyl sites for hydroxylation is 2. The third-order valence-corrected chi connectivity index (χ3v) is 4.66. The average Bonchev–Trinajstić information content (AvgIpc) is 2.66. The van der Waals surface area contributed by atoms with E-state index < -0.39 is 0 Å². The predicted octanol–water partition coefficient (Wildman–Crippen LogP) is 6.01. The van der Waals surface area contributed by atoms with Crippen molar-refractivity contribution in [3.8, 4) is 0 Å². The third kappa shape index (κ3) is 5.35. The van der Waals surface area contributed by atoms with Crippen LogP contribution in [0.1, 0.15) is 50.7 Å². The molecule has 0 bridgehead atoms. The predicted molar refractivity (Wildman–Crippen MR) is 114 cm³/mol. The first-order valence-electron chi connectivity index (χ1n) is 9.80. The zero-order valence-corrected chi connectivity index (χ0v) is 16.8. The first-order valence-corrected chi connectivity index (χ1v) is 9.80. The molecule has 0 saturated heterocycles. The number of hydrogen-bond donors (Lipinski definition) is 1. The Balaban J connectivity index is 2.27. The van der Waals surface area contributed by atoms with Crippen LogP contribution in [-0.4, -0.2) is 25.0 Å². The average molecular weight is 352 g/mol. The summed E-state index contributed by atoms with van der Waals surface area (Å²) in [5.41, 5.74) is 4.79. The number of unbranched alkanes of at least 4 members (excludes halogenated alkanes) is 2. The van der Waals surface area contributed by atoms with Crippen LogP contribution >= 0.6 is 0 Å². The SMILES string of the molecule is CCCCc1ccc(N(C(=N)N(C)C)c2ccc(CCCC)cc2)cc1. The maximum atomic E-state index is 8.56. The van der Waals surface area contributed by atoms with E-state index in [0.717, 1.165) is 24.2 Å². The fourth-order valence-corrected chi connectivity index (χ4v) is 2.98. The van der Waals surface area contributed by atoms with E-state index >= 15 is 0 Å². The van der Waals surface area contributed by atoms with Gasteiger partial charge in [0.2, 0.25) is 5.96 Å². The molecule has 0 fully saturated rings. The van der Waals surface area contributed by atoms with Gasteiger partial charge in [0.25, 0.3) is 0 Å². The summed E-state index contributed by atoms with van der Waals surface area (Å²) in [7, 11) is 3.83. The molecule has 1 N–H and O–H groups in total. The lowest BCUT2D eigenvalue weighted by atomic mass is 10.1. The summed E-state index contributed by atoms with van der Waals surface area (Å²) in [5.74, 6) is 0.465. The molecule has 0 unspecified atom stereocenters. The Morgan fingerprint density at radius 1 is 0.731 bits per heavy atom. The van der Waals surface area contributed by atoms with Crippen LogP contribution in [0.25, 0.3) is 0 Å². The number of hydrogen-bond acceptors (Lipinski definition) is 1. The van der Waals surface area contributed by atoms with Gasteiger partial charge in [0.15, 0.2) is 0 Å². The van der Waals surface area contributed by atoms with Crippen molar-refractivity contribution in [2.45, 2.75) is 52.4 Å². The summed E-state index contributed by atoms with van der Waals surface area (Å²) < 4.78 is 0. The molecule has 0 saturated carbocycles. The monoisotopic (exact) mass is 351 g/mol. The number of anilines is 2. The van der Waals surface area contributed by atoms with Crippen LogP contribution in [0.4, 0.5) is 11.4 Å². The molecule has 0 atom stereocenters. The van der Waals surface area contributed by atoms with E-state index in [1.165, 1.54) is 36.8 Å². The fraction of sp³-hybridized carbons (Fsp3) is 0.435. The molecule has 0 aromatic heterocycles. The lowest BCUT2D eigenvalue weighted by molar-refractivity contribution is 0.606. The van der Waals surface area contributed by atoms with Crippen molar-refractivity contribution in [1.82, 2.24) is 4.90 Å². The van der Waals surface area contributed by atoms with E-state index in [1.54, 1.807) is 0 Å². The van der Waals surface area contributed by atoms with Crippen molar-refractivity contribution < 1.29 is 0 Å². The highest BCUT2D eigenvalue weighted by molar-refractivity contribution is 6.00. The second kappa shape index (κ2) is 10.0. The largest absolute Gasteiger partial charge is 0.349 e. The zero-order valence-electron chi connectivity index (χ0n) is 16.8. The highest BCUT2D eigenvalue weighted by Crippen LogP contribution is 2.27. The molecule has 2 aromatic carbocycles. The van der Waals surface area contributed by atoms with Crippen molar-refractivity contribution in [1.29, 1.82) is 5.41 Å². The normalized spacial score (nSPS) is 10.6. The summed E-state index contributed by atoms with van der Waals surface area (Å²) in [6, 6.07) is 17.3. The highest BCUT2D eigenvalue weighted by atomic mass is 15.3. The summed E-state index contributed by atoms with van der Waals surface area (Å²) in [5, 5.41) is 8.56. The van der Waals surface area contributed by atoms with Crippen LogP contribution in [-0.2, 0) is 12.8 Å². The second-order valence-electron chi connectivity index (χ2n) is 7.09. The Hall–Kier alpha value is -2.29. The lowest BCUT2D eigenvalue weighted by Gasteiger charge is -2.29. The van der Waals surface area contributed by atoms with Crippen molar-refractivity contribution >= 4 is 17.3 Å². The standard InChI is InChI=1S/C23H33N3/c1-5-7-9-19-11-15-21(16-12-19)26(23(24)25(3)4)22-17-13-20(14-18-22)10-8-6-2/h11-18,24H,5-10H2,1-4H3. The van der Waals surface area contributed by atoms with Gasteiger partial charge < -0.3 is 4.90 Å². The minimum absolute atomic E-state index is 0.465. The maximum absolute atomic E-state index is 8.56. The Labute approximate surface area is 159 Å². The van der Waals surface area contributed by atoms with E-state index in [0.29, 0.717) is 5.96 Å².